The summed E-state index contributed by atoms with van der Waals surface area (Å²) < 4.78 is 5.24. The topological polar surface area (TPSA) is 26.3 Å². The molecule has 2 aromatic rings. The summed E-state index contributed by atoms with van der Waals surface area (Å²) in [5, 5.41) is 0.519. The average Bonchev–Trinajstić information content (AvgIpc) is 2.45. The smallest absolute Gasteiger partial charge is 0.196 e. The lowest BCUT2D eigenvalue weighted by atomic mass is 9.86. The minimum atomic E-state index is -0.0881. The van der Waals surface area contributed by atoms with E-state index in [1.807, 2.05) is 24.3 Å². The standard InChI is InChI=1S/C18H19ClO2/c1-18(2,3)13-7-5-12(6-8-13)17(20)15-11-14(19)9-10-16(15)21-4/h5-11H,1-4H3. The fourth-order valence-electron chi connectivity index (χ4n) is 2.13. The van der Waals surface area contributed by atoms with Crippen molar-refractivity contribution in [1.82, 2.24) is 0 Å². The predicted molar refractivity (Wildman–Crippen MR) is 86.6 cm³/mol. The highest BCUT2D eigenvalue weighted by atomic mass is 35.5. The number of ketones is 1. The zero-order valence-corrected chi connectivity index (χ0v) is 13.5. The van der Waals surface area contributed by atoms with Crippen LogP contribution in [0.1, 0.15) is 42.3 Å². The van der Waals surface area contributed by atoms with Crippen molar-refractivity contribution in [2.24, 2.45) is 0 Å². The summed E-state index contributed by atoms with van der Waals surface area (Å²) in [6, 6.07) is 12.7. The summed E-state index contributed by atoms with van der Waals surface area (Å²) in [6.07, 6.45) is 0. The van der Waals surface area contributed by atoms with E-state index >= 15 is 0 Å². The van der Waals surface area contributed by atoms with Crippen molar-refractivity contribution in [2.75, 3.05) is 7.11 Å². The van der Waals surface area contributed by atoms with E-state index < -0.39 is 0 Å². The van der Waals surface area contributed by atoms with Gasteiger partial charge in [0.25, 0.3) is 0 Å². The molecule has 0 N–H and O–H groups in total. The molecule has 21 heavy (non-hydrogen) atoms. The molecule has 2 nitrogen and oxygen atoms in total. The molecule has 2 rings (SSSR count). The van der Waals surface area contributed by atoms with Gasteiger partial charge in [0, 0.05) is 10.6 Å². The Morgan fingerprint density at radius 3 is 2.19 bits per heavy atom. The van der Waals surface area contributed by atoms with E-state index in [1.54, 1.807) is 25.3 Å². The van der Waals surface area contributed by atoms with Crippen LogP contribution in [0.15, 0.2) is 42.5 Å². The second kappa shape index (κ2) is 5.90. The minimum absolute atomic E-state index is 0.0648. The zero-order valence-electron chi connectivity index (χ0n) is 12.7. The van der Waals surface area contributed by atoms with Gasteiger partial charge < -0.3 is 4.74 Å². The number of carbonyl (C=O) groups excluding carboxylic acids is 1. The maximum atomic E-state index is 12.6. The fraction of sp³-hybridized carbons (Fsp3) is 0.278. The second-order valence-electron chi connectivity index (χ2n) is 6.00. The molecule has 110 valence electrons. The lowest BCUT2D eigenvalue weighted by Crippen LogP contribution is -2.11. The van der Waals surface area contributed by atoms with Crippen LogP contribution in [0.25, 0.3) is 0 Å². The lowest BCUT2D eigenvalue weighted by molar-refractivity contribution is 0.103. The Kier molecular flexibility index (Phi) is 4.38. The number of halogens is 1. The molecule has 0 radical (unpaired) electrons. The van der Waals surface area contributed by atoms with Gasteiger partial charge in [0.1, 0.15) is 5.75 Å². The molecule has 0 aliphatic carbocycles. The molecular formula is C18H19ClO2. The quantitative estimate of drug-likeness (QED) is 0.756. The van der Waals surface area contributed by atoms with Gasteiger partial charge in [-0.3, -0.25) is 4.79 Å². The summed E-state index contributed by atoms with van der Waals surface area (Å²) in [4.78, 5) is 12.6. The Morgan fingerprint density at radius 2 is 1.67 bits per heavy atom. The first-order chi connectivity index (χ1) is 9.82. The van der Waals surface area contributed by atoms with Gasteiger partial charge in [0.2, 0.25) is 0 Å². The van der Waals surface area contributed by atoms with Crippen molar-refractivity contribution < 1.29 is 9.53 Å². The van der Waals surface area contributed by atoms with Gasteiger partial charge in [0.15, 0.2) is 5.78 Å². The second-order valence-corrected chi connectivity index (χ2v) is 6.44. The Morgan fingerprint density at radius 1 is 1.05 bits per heavy atom. The third-order valence-electron chi connectivity index (χ3n) is 3.42. The summed E-state index contributed by atoms with van der Waals surface area (Å²) in [5.41, 5.74) is 2.36. The van der Waals surface area contributed by atoms with Crippen molar-refractivity contribution in [3.05, 3.63) is 64.2 Å². The van der Waals surface area contributed by atoms with E-state index in [-0.39, 0.29) is 11.2 Å². The highest BCUT2D eigenvalue weighted by Gasteiger charge is 2.17. The van der Waals surface area contributed by atoms with Gasteiger partial charge in [-0.15, -0.1) is 0 Å². The van der Waals surface area contributed by atoms with Crippen LogP contribution in [0.2, 0.25) is 5.02 Å². The zero-order chi connectivity index (χ0) is 15.6. The van der Waals surface area contributed by atoms with Gasteiger partial charge in [-0.25, -0.2) is 0 Å². The molecule has 0 saturated heterocycles. The largest absolute Gasteiger partial charge is 0.496 e. The third-order valence-corrected chi connectivity index (χ3v) is 3.65. The summed E-state index contributed by atoms with van der Waals surface area (Å²) >= 11 is 5.98. The number of hydrogen-bond donors (Lipinski definition) is 0. The minimum Gasteiger partial charge on any atom is -0.496 e. The predicted octanol–water partition coefficient (Wildman–Crippen LogP) is 4.88. The molecular weight excluding hydrogens is 284 g/mol. The van der Waals surface area contributed by atoms with Crippen LogP contribution in [-0.4, -0.2) is 12.9 Å². The summed E-state index contributed by atoms with van der Waals surface area (Å²) in [5.74, 6) is 0.444. The van der Waals surface area contributed by atoms with E-state index in [9.17, 15) is 4.79 Å². The molecule has 0 aromatic heterocycles. The van der Waals surface area contributed by atoms with E-state index in [4.69, 9.17) is 16.3 Å². The van der Waals surface area contributed by atoms with Crippen molar-refractivity contribution in [3.63, 3.8) is 0 Å². The van der Waals surface area contributed by atoms with Gasteiger partial charge in [-0.2, -0.15) is 0 Å². The van der Waals surface area contributed by atoms with Crippen LogP contribution in [0, 0.1) is 0 Å². The molecule has 2 aromatic carbocycles. The van der Waals surface area contributed by atoms with Crippen molar-refractivity contribution >= 4 is 17.4 Å². The molecule has 0 saturated carbocycles. The maximum absolute atomic E-state index is 12.6. The van der Waals surface area contributed by atoms with Gasteiger partial charge in [-0.1, -0.05) is 56.6 Å². The Hall–Kier alpha value is -1.80. The number of hydrogen-bond acceptors (Lipinski definition) is 2. The number of ether oxygens (including phenoxy) is 1. The van der Waals surface area contributed by atoms with E-state index in [0.29, 0.717) is 21.9 Å². The normalized spacial score (nSPS) is 11.3. The summed E-state index contributed by atoms with van der Waals surface area (Å²) in [6.45, 7) is 6.43. The molecule has 0 atom stereocenters. The van der Waals surface area contributed by atoms with Crippen LogP contribution in [0.4, 0.5) is 0 Å². The van der Waals surface area contributed by atoms with E-state index in [2.05, 4.69) is 20.8 Å². The first kappa shape index (κ1) is 15.6. The first-order valence-corrected chi connectivity index (χ1v) is 7.19. The maximum Gasteiger partial charge on any atom is 0.196 e. The number of carbonyl (C=O) groups is 1. The van der Waals surface area contributed by atoms with Crippen LogP contribution >= 0.6 is 11.6 Å². The molecule has 3 heteroatoms. The number of methoxy groups -OCH3 is 1. The van der Waals surface area contributed by atoms with Gasteiger partial charge >= 0.3 is 0 Å². The number of benzene rings is 2. The van der Waals surface area contributed by atoms with Gasteiger partial charge in [-0.05, 0) is 29.2 Å². The van der Waals surface area contributed by atoms with Crippen LogP contribution in [0.5, 0.6) is 5.75 Å². The Bertz CT molecular complexity index is 652. The first-order valence-electron chi connectivity index (χ1n) is 6.81. The fourth-order valence-corrected chi connectivity index (χ4v) is 2.31. The molecule has 0 fully saturated rings. The Labute approximate surface area is 130 Å². The molecule has 0 aliphatic rings. The van der Waals surface area contributed by atoms with Gasteiger partial charge in [0.05, 0.1) is 12.7 Å². The van der Waals surface area contributed by atoms with Crippen molar-refractivity contribution in [1.29, 1.82) is 0 Å². The average molecular weight is 303 g/mol. The highest BCUT2D eigenvalue weighted by Crippen LogP contribution is 2.27. The molecule has 0 amide bonds. The summed E-state index contributed by atoms with van der Waals surface area (Å²) in [7, 11) is 1.54. The van der Waals surface area contributed by atoms with Crippen LogP contribution < -0.4 is 4.74 Å². The van der Waals surface area contributed by atoms with E-state index in [1.165, 1.54) is 5.56 Å². The van der Waals surface area contributed by atoms with Crippen molar-refractivity contribution in [2.45, 2.75) is 26.2 Å². The molecule has 0 unspecified atom stereocenters. The van der Waals surface area contributed by atoms with Crippen LogP contribution in [0.3, 0.4) is 0 Å². The third kappa shape index (κ3) is 3.45. The molecule has 0 aliphatic heterocycles. The molecule has 0 heterocycles. The lowest BCUT2D eigenvalue weighted by Gasteiger charge is -2.19. The van der Waals surface area contributed by atoms with E-state index in [0.717, 1.165) is 0 Å². The SMILES string of the molecule is COc1ccc(Cl)cc1C(=O)c1ccc(C(C)(C)C)cc1. The monoisotopic (exact) mass is 302 g/mol. The highest BCUT2D eigenvalue weighted by molar-refractivity contribution is 6.31. The van der Waals surface area contributed by atoms with Crippen LogP contribution in [-0.2, 0) is 5.41 Å². The Balaban J connectivity index is 2.39. The molecule has 0 spiro atoms. The number of rotatable bonds is 3. The molecule has 0 bridgehead atoms. The van der Waals surface area contributed by atoms with Crippen molar-refractivity contribution in [3.8, 4) is 5.75 Å².